The number of rotatable bonds is 2. The van der Waals surface area contributed by atoms with E-state index in [-0.39, 0.29) is 17.6 Å². The fourth-order valence-electron chi connectivity index (χ4n) is 2.03. The molecule has 0 unspecified atom stereocenters. The molecule has 1 rings (SSSR count). The van der Waals surface area contributed by atoms with Crippen molar-refractivity contribution in [1.82, 2.24) is 4.90 Å². The predicted molar refractivity (Wildman–Crippen MR) is 60.7 cm³/mol. The molecule has 1 fully saturated rings. The van der Waals surface area contributed by atoms with Crippen LogP contribution in [0.5, 0.6) is 0 Å². The van der Waals surface area contributed by atoms with Crippen LogP contribution >= 0.6 is 0 Å². The minimum absolute atomic E-state index is 0.0239. The molecule has 1 heterocycles. The van der Waals surface area contributed by atoms with Gasteiger partial charge in [-0.05, 0) is 54.0 Å². The second-order valence-electron chi connectivity index (χ2n) is 5.52. The molecule has 0 amide bonds. The van der Waals surface area contributed by atoms with E-state index in [0.717, 1.165) is 19.4 Å². The smallest absolute Gasteiger partial charge is 0.323 e. The number of hydrogen-bond acceptors (Lipinski definition) is 3. The van der Waals surface area contributed by atoms with Crippen molar-refractivity contribution in [2.24, 2.45) is 0 Å². The maximum atomic E-state index is 11.9. The van der Waals surface area contributed by atoms with Crippen molar-refractivity contribution in [2.45, 2.75) is 65.1 Å². The van der Waals surface area contributed by atoms with Crippen LogP contribution in [0.3, 0.4) is 0 Å². The van der Waals surface area contributed by atoms with Crippen molar-refractivity contribution in [3.63, 3.8) is 0 Å². The molecule has 0 bridgehead atoms. The van der Waals surface area contributed by atoms with Gasteiger partial charge < -0.3 is 4.74 Å². The molecular formula is C12H23NO2. The lowest BCUT2D eigenvalue weighted by Crippen LogP contribution is -2.43. The van der Waals surface area contributed by atoms with Gasteiger partial charge in [-0.3, -0.25) is 9.69 Å². The van der Waals surface area contributed by atoms with Crippen LogP contribution in [0.4, 0.5) is 0 Å². The van der Waals surface area contributed by atoms with Crippen LogP contribution in [0.1, 0.15) is 47.5 Å². The second kappa shape index (κ2) is 4.52. The first-order chi connectivity index (χ1) is 6.81. The molecule has 1 aliphatic rings. The number of nitrogens with zero attached hydrogens (tertiary/aromatic N) is 1. The van der Waals surface area contributed by atoms with Gasteiger partial charge in [0.25, 0.3) is 0 Å². The van der Waals surface area contributed by atoms with Gasteiger partial charge >= 0.3 is 5.97 Å². The van der Waals surface area contributed by atoms with E-state index in [1.807, 2.05) is 20.8 Å². The quantitative estimate of drug-likeness (QED) is 0.659. The molecule has 0 radical (unpaired) electrons. The van der Waals surface area contributed by atoms with Gasteiger partial charge in [0.1, 0.15) is 11.6 Å². The first kappa shape index (κ1) is 12.5. The Hall–Kier alpha value is -0.570. The van der Waals surface area contributed by atoms with Gasteiger partial charge in [0.05, 0.1) is 0 Å². The number of ether oxygens (including phenoxy) is 1. The number of carbonyl (C=O) groups is 1. The van der Waals surface area contributed by atoms with E-state index in [0.29, 0.717) is 6.04 Å². The lowest BCUT2D eigenvalue weighted by molar-refractivity contribution is -0.160. The van der Waals surface area contributed by atoms with Gasteiger partial charge in [-0.15, -0.1) is 0 Å². The standard InChI is InChI=1S/C12H23NO2/c1-9(2)13-8-6-7-10(13)11(14)15-12(3,4)5/h9-10H,6-8H2,1-5H3/t10-/m0/s1. The molecule has 15 heavy (non-hydrogen) atoms. The highest BCUT2D eigenvalue weighted by Crippen LogP contribution is 2.22. The fourth-order valence-corrected chi connectivity index (χ4v) is 2.03. The minimum Gasteiger partial charge on any atom is -0.459 e. The van der Waals surface area contributed by atoms with E-state index >= 15 is 0 Å². The Morgan fingerprint density at radius 1 is 1.40 bits per heavy atom. The molecule has 0 aromatic heterocycles. The molecule has 3 heteroatoms. The van der Waals surface area contributed by atoms with Crippen molar-refractivity contribution in [3.05, 3.63) is 0 Å². The van der Waals surface area contributed by atoms with E-state index in [2.05, 4.69) is 18.7 Å². The molecule has 1 aliphatic heterocycles. The van der Waals surface area contributed by atoms with Crippen LogP contribution in [-0.2, 0) is 9.53 Å². The zero-order valence-electron chi connectivity index (χ0n) is 10.5. The Bertz CT molecular complexity index is 230. The van der Waals surface area contributed by atoms with E-state index in [4.69, 9.17) is 4.74 Å². The normalized spacial score (nSPS) is 23.5. The molecule has 88 valence electrons. The van der Waals surface area contributed by atoms with E-state index in [1.54, 1.807) is 0 Å². The van der Waals surface area contributed by atoms with Gasteiger partial charge in [-0.2, -0.15) is 0 Å². The van der Waals surface area contributed by atoms with Crippen LogP contribution in [0.2, 0.25) is 0 Å². The van der Waals surface area contributed by atoms with Crippen molar-refractivity contribution in [2.75, 3.05) is 6.54 Å². The molecule has 0 aromatic carbocycles. The van der Waals surface area contributed by atoms with Gasteiger partial charge in [0, 0.05) is 6.04 Å². The molecule has 0 aromatic rings. The lowest BCUT2D eigenvalue weighted by Gasteiger charge is -2.29. The number of hydrogen-bond donors (Lipinski definition) is 0. The van der Waals surface area contributed by atoms with E-state index in [9.17, 15) is 4.79 Å². The summed E-state index contributed by atoms with van der Waals surface area (Å²) in [7, 11) is 0. The summed E-state index contributed by atoms with van der Waals surface area (Å²) in [5.74, 6) is -0.0614. The predicted octanol–water partition coefficient (Wildman–Crippen LogP) is 2.20. The SMILES string of the molecule is CC(C)N1CCC[C@H]1C(=O)OC(C)(C)C. The Morgan fingerprint density at radius 2 is 2.00 bits per heavy atom. The average Bonchev–Trinajstić information content (AvgIpc) is 2.47. The maximum Gasteiger partial charge on any atom is 0.323 e. The van der Waals surface area contributed by atoms with Crippen molar-refractivity contribution in [1.29, 1.82) is 0 Å². The van der Waals surface area contributed by atoms with Crippen molar-refractivity contribution in [3.8, 4) is 0 Å². The van der Waals surface area contributed by atoms with Crippen LogP contribution in [0.15, 0.2) is 0 Å². The van der Waals surface area contributed by atoms with Gasteiger partial charge in [0.15, 0.2) is 0 Å². The van der Waals surface area contributed by atoms with E-state index in [1.165, 1.54) is 0 Å². The number of carbonyl (C=O) groups excluding carboxylic acids is 1. The summed E-state index contributed by atoms with van der Waals surface area (Å²) in [5.41, 5.74) is -0.373. The first-order valence-corrected chi connectivity index (χ1v) is 5.80. The van der Waals surface area contributed by atoms with Crippen LogP contribution in [-0.4, -0.2) is 35.1 Å². The average molecular weight is 213 g/mol. The Kier molecular flexibility index (Phi) is 3.77. The summed E-state index contributed by atoms with van der Waals surface area (Å²) < 4.78 is 5.42. The molecule has 1 atom stereocenters. The fraction of sp³-hybridized carbons (Fsp3) is 0.917. The van der Waals surface area contributed by atoms with Crippen LogP contribution in [0, 0.1) is 0 Å². The number of esters is 1. The third-order valence-corrected chi connectivity index (χ3v) is 2.64. The molecule has 0 aliphatic carbocycles. The summed E-state index contributed by atoms with van der Waals surface area (Å²) in [6, 6.07) is 0.397. The van der Waals surface area contributed by atoms with E-state index < -0.39 is 0 Å². The van der Waals surface area contributed by atoms with Crippen LogP contribution in [0.25, 0.3) is 0 Å². The van der Waals surface area contributed by atoms with Crippen LogP contribution < -0.4 is 0 Å². The Morgan fingerprint density at radius 3 is 2.47 bits per heavy atom. The molecular weight excluding hydrogens is 190 g/mol. The molecule has 0 spiro atoms. The molecule has 0 saturated carbocycles. The Labute approximate surface area is 92.8 Å². The van der Waals surface area contributed by atoms with Gasteiger partial charge in [-0.1, -0.05) is 0 Å². The largest absolute Gasteiger partial charge is 0.459 e. The monoisotopic (exact) mass is 213 g/mol. The Balaban J connectivity index is 2.59. The minimum atomic E-state index is -0.373. The molecule has 3 nitrogen and oxygen atoms in total. The summed E-state index contributed by atoms with van der Waals surface area (Å²) >= 11 is 0. The molecule has 1 saturated heterocycles. The number of likely N-dealkylation sites (tertiary alicyclic amines) is 1. The highest BCUT2D eigenvalue weighted by Gasteiger charge is 2.35. The molecule has 0 N–H and O–H groups in total. The van der Waals surface area contributed by atoms with Gasteiger partial charge in [0.2, 0.25) is 0 Å². The zero-order valence-corrected chi connectivity index (χ0v) is 10.5. The summed E-state index contributed by atoms with van der Waals surface area (Å²) in [6.07, 6.45) is 2.04. The first-order valence-electron chi connectivity index (χ1n) is 5.80. The van der Waals surface area contributed by atoms with Crippen molar-refractivity contribution < 1.29 is 9.53 Å². The third kappa shape index (κ3) is 3.49. The highest BCUT2D eigenvalue weighted by molar-refractivity contribution is 5.76. The summed E-state index contributed by atoms with van der Waals surface area (Å²) in [6.45, 7) is 11.0. The third-order valence-electron chi connectivity index (χ3n) is 2.64. The zero-order chi connectivity index (χ0) is 11.6. The van der Waals surface area contributed by atoms with Gasteiger partial charge in [-0.25, -0.2) is 0 Å². The lowest BCUT2D eigenvalue weighted by atomic mass is 10.1. The summed E-state index contributed by atoms with van der Waals surface area (Å²) in [4.78, 5) is 14.1. The topological polar surface area (TPSA) is 29.5 Å². The van der Waals surface area contributed by atoms with Crippen molar-refractivity contribution >= 4 is 5.97 Å². The maximum absolute atomic E-state index is 11.9. The second-order valence-corrected chi connectivity index (χ2v) is 5.52. The highest BCUT2D eigenvalue weighted by atomic mass is 16.6. The summed E-state index contributed by atoms with van der Waals surface area (Å²) in [5, 5.41) is 0.